The highest BCUT2D eigenvalue weighted by Gasteiger charge is 2.15. The molecule has 0 amide bonds. The molecule has 88 valence electrons. The Kier molecular flexibility index (Phi) is 10.1. The van der Waals surface area contributed by atoms with Gasteiger partial charge in [-0.15, -0.1) is 0 Å². The van der Waals surface area contributed by atoms with Crippen molar-refractivity contribution in [2.45, 2.75) is 79.3 Å². The molecule has 0 spiro atoms. The second kappa shape index (κ2) is 8.48. The second-order valence-corrected chi connectivity index (χ2v) is 8.92. The third kappa shape index (κ3) is 10.3. The lowest BCUT2D eigenvalue weighted by Gasteiger charge is -2.34. The van der Waals surface area contributed by atoms with E-state index in [2.05, 4.69) is 66.1 Å². The zero-order valence-electron chi connectivity index (χ0n) is 11.8. The van der Waals surface area contributed by atoms with E-state index in [4.69, 9.17) is 0 Å². The van der Waals surface area contributed by atoms with Crippen LogP contribution in [0.5, 0.6) is 0 Å². The monoisotopic (exact) mass is 217 g/mol. The maximum Gasteiger partial charge on any atom is 0.0274 e. The van der Waals surface area contributed by atoms with Gasteiger partial charge in [0.2, 0.25) is 0 Å². The molecule has 0 aliphatic rings. The molecular formula is C12H31NSi. The Balaban J connectivity index is 0. The van der Waals surface area contributed by atoms with Crippen molar-refractivity contribution in [3.63, 3.8) is 0 Å². The topological polar surface area (TPSA) is 3.24 Å². The lowest BCUT2D eigenvalue weighted by atomic mass is 10.2. The fourth-order valence-corrected chi connectivity index (χ4v) is 1.79. The summed E-state index contributed by atoms with van der Waals surface area (Å²) in [7, 11) is -0.139. The molecule has 2 heteroatoms. The smallest absolute Gasteiger partial charge is 0.0274 e. The summed E-state index contributed by atoms with van der Waals surface area (Å²) in [4.78, 5) is 2.50. The second-order valence-electron chi connectivity index (χ2n) is 5.46. The molecule has 0 N–H and O–H groups in total. The molecule has 0 aromatic heterocycles. The fourth-order valence-electron chi connectivity index (χ4n) is 1.79. The van der Waals surface area contributed by atoms with Gasteiger partial charge in [-0.25, -0.2) is 0 Å². The van der Waals surface area contributed by atoms with Gasteiger partial charge in [0.1, 0.15) is 0 Å². The van der Waals surface area contributed by atoms with Crippen molar-refractivity contribution in [2.24, 2.45) is 0 Å². The predicted octanol–water partition coefficient (Wildman–Crippen LogP) is 3.62. The van der Waals surface area contributed by atoms with Gasteiger partial charge < -0.3 is 0 Å². The molecule has 0 aliphatic carbocycles. The first kappa shape index (κ1) is 16.6. The van der Waals surface area contributed by atoms with Crippen molar-refractivity contribution in [3.05, 3.63) is 0 Å². The molecular weight excluding hydrogens is 186 g/mol. The van der Waals surface area contributed by atoms with Crippen LogP contribution in [0.4, 0.5) is 0 Å². The molecule has 0 aromatic rings. The number of hydrogen-bond acceptors (Lipinski definition) is 1. The van der Waals surface area contributed by atoms with Gasteiger partial charge >= 0.3 is 0 Å². The maximum absolute atomic E-state index is 2.50. The summed E-state index contributed by atoms with van der Waals surface area (Å²) < 4.78 is 0. The molecule has 1 nitrogen and oxygen atoms in total. The highest BCUT2D eigenvalue weighted by molar-refractivity contribution is 6.54. The third-order valence-electron chi connectivity index (χ3n) is 1.79. The average Bonchev–Trinajstić information content (AvgIpc) is 1.80. The third-order valence-corrected chi connectivity index (χ3v) is 1.79. The molecule has 0 aliphatic heterocycles. The highest BCUT2D eigenvalue weighted by atomic mass is 28.3. The van der Waals surface area contributed by atoms with Crippen LogP contribution in [-0.2, 0) is 0 Å². The summed E-state index contributed by atoms with van der Waals surface area (Å²) in [6.45, 7) is 20.4. The summed E-state index contributed by atoms with van der Waals surface area (Å²) in [5.41, 5.74) is 0. The molecule has 0 saturated carbocycles. The van der Waals surface area contributed by atoms with E-state index in [1.54, 1.807) is 0 Å². The van der Waals surface area contributed by atoms with Gasteiger partial charge in [-0.1, -0.05) is 19.6 Å². The predicted molar refractivity (Wildman–Crippen MR) is 72.0 cm³/mol. The minimum atomic E-state index is -0.139. The van der Waals surface area contributed by atoms with Crippen LogP contribution in [0.3, 0.4) is 0 Å². The van der Waals surface area contributed by atoms with Gasteiger partial charge in [0.15, 0.2) is 0 Å². The SMILES string of the molecule is CC(C)N(C(C)C)C(C)C.C[SiH](C)C. The normalized spacial score (nSPS) is 11.6. The molecule has 0 radical (unpaired) electrons. The van der Waals surface area contributed by atoms with Crippen LogP contribution in [0, 0.1) is 0 Å². The lowest BCUT2D eigenvalue weighted by Crippen LogP contribution is -2.42. The van der Waals surface area contributed by atoms with Gasteiger partial charge in [-0.3, -0.25) is 4.90 Å². The lowest BCUT2D eigenvalue weighted by molar-refractivity contribution is 0.133. The van der Waals surface area contributed by atoms with Crippen molar-refractivity contribution in [1.82, 2.24) is 4.90 Å². The van der Waals surface area contributed by atoms with Crippen LogP contribution < -0.4 is 0 Å². The van der Waals surface area contributed by atoms with E-state index in [1.165, 1.54) is 0 Å². The summed E-state index contributed by atoms with van der Waals surface area (Å²) >= 11 is 0. The van der Waals surface area contributed by atoms with Crippen molar-refractivity contribution < 1.29 is 0 Å². The van der Waals surface area contributed by atoms with Crippen molar-refractivity contribution in [2.75, 3.05) is 0 Å². The van der Waals surface area contributed by atoms with Crippen molar-refractivity contribution in [1.29, 1.82) is 0 Å². The van der Waals surface area contributed by atoms with Crippen LogP contribution in [0.1, 0.15) is 41.5 Å². The van der Waals surface area contributed by atoms with Gasteiger partial charge in [0.25, 0.3) is 0 Å². The van der Waals surface area contributed by atoms with E-state index in [9.17, 15) is 0 Å². The van der Waals surface area contributed by atoms with Gasteiger partial charge in [0, 0.05) is 26.9 Å². The Morgan fingerprint density at radius 3 is 0.786 bits per heavy atom. The molecule has 14 heavy (non-hydrogen) atoms. The van der Waals surface area contributed by atoms with Gasteiger partial charge in [-0.2, -0.15) is 0 Å². The van der Waals surface area contributed by atoms with Crippen LogP contribution in [0.2, 0.25) is 19.6 Å². The molecule has 0 heterocycles. The van der Waals surface area contributed by atoms with E-state index in [-0.39, 0.29) is 8.80 Å². The van der Waals surface area contributed by atoms with Crippen LogP contribution in [0.25, 0.3) is 0 Å². The van der Waals surface area contributed by atoms with Crippen LogP contribution in [0.15, 0.2) is 0 Å². The Hall–Kier alpha value is 0.177. The Labute approximate surface area is 93.5 Å². The minimum Gasteiger partial charge on any atom is -0.296 e. The Bertz CT molecular complexity index is 97.7. The quantitative estimate of drug-likeness (QED) is 0.653. The summed E-state index contributed by atoms with van der Waals surface area (Å²) in [5.74, 6) is 0. The summed E-state index contributed by atoms with van der Waals surface area (Å²) in [6, 6.07) is 2.00. The van der Waals surface area contributed by atoms with E-state index in [0.29, 0.717) is 18.1 Å². The molecule has 0 saturated heterocycles. The number of nitrogens with zero attached hydrogens (tertiary/aromatic N) is 1. The highest BCUT2D eigenvalue weighted by Crippen LogP contribution is 2.08. The Morgan fingerprint density at radius 1 is 0.643 bits per heavy atom. The summed E-state index contributed by atoms with van der Waals surface area (Å²) in [6.07, 6.45) is 0. The first-order chi connectivity index (χ1) is 6.20. The van der Waals surface area contributed by atoms with E-state index < -0.39 is 0 Å². The van der Waals surface area contributed by atoms with E-state index in [1.807, 2.05) is 0 Å². The molecule has 0 rings (SSSR count). The average molecular weight is 217 g/mol. The molecule has 0 unspecified atom stereocenters. The zero-order valence-corrected chi connectivity index (χ0v) is 12.9. The molecule has 0 fully saturated rings. The molecule has 0 aromatic carbocycles. The van der Waals surface area contributed by atoms with Gasteiger partial charge in [-0.05, 0) is 41.5 Å². The Morgan fingerprint density at radius 2 is 0.786 bits per heavy atom. The zero-order chi connectivity index (χ0) is 11.9. The minimum absolute atomic E-state index is 0.139. The van der Waals surface area contributed by atoms with Crippen molar-refractivity contribution >= 4 is 8.80 Å². The van der Waals surface area contributed by atoms with Crippen LogP contribution in [-0.4, -0.2) is 31.8 Å². The maximum atomic E-state index is 2.50. The fraction of sp³-hybridized carbons (Fsp3) is 1.00. The first-order valence-electron chi connectivity index (χ1n) is 5.97. The van der Waals surface area contributed by atoms with Gasteiger partial charge in [0.05, 0.1) is 0 Å². The number of hydrogen-bond donors (Lipinski definition) is 0. The first-order valence-corrected chi connectivity index (χ1v) is 9.43. The largest absolute Gasteiger partial charge is 0.296 e. The number of rotatable bonds is 3. The van der Waals surface area contributed by atoms with E-state index >= 15 is 0 Å². The van der Waals surface area contributed by atoms with Crippen molar-refractivity contribution in [3.8, 4) is 0 Å². The van der Waals surface area contributed by atoms with E-state index in [0.717, 1.165) is 0 Å². The molecule has 0 atom stereocenters. The molecule has 0 bridgehead atoms. The van der Waals surface area contributed by atoms with Crippen LogP contribution >= 0.6 is 0 Å². The standard InChI is InChI=1S/C9H21N.C3H10Si/c1-7(2)10(8(3)4)9(5)6;1-4(2)3/h7-9H,1-6H3;4H,1-3H3. The summed E-state index contributed by atoms with van der Waals surface area (Å²) in [5, 5.41) is 0.